The van der Waals surface area contributed by atoms with Crippen LogP contribution in [0.1, 0.15) is 106 Å². The topological polar surface area (TPSA) is 29.5 Å². The van der Waals surface area contributed by atoms with Crippen LogP contribution in [0.25, 0.3) is 0 Å². The maximum Gasteiger partial charge on any atom is 0.127 e. The number of ether oxygens (including phenoxy) is 1. The number of hydrogen-bond donors (Lipinski definition) is 1. The van der Waals surface area contributed by atoms with E-state index in [-0.39, 0.29) is 21.7 Å². The molecule has 1 saturated heterocycles. The van der Waals surface area contributed by atoms with E-state index in [0.29, 0.717) is 41.1 Å². The quantitative estimate of drug-likeness (QED) is 0.415. The zero-order chi connectivity index (χ0) is 23.8. The Kier molecular flexibility index (Phi) is 4.64. The van der Waals surface area contributed by atoms with Gasteiger partial charge < -0.3 is 9.84 Å². The van der Waals surface area contributed by atoms with Crippen LogP contribution in [-0.2, 0) is 4.74 Å². The molecule has 1 heterocycles. The minimum absolute atomic E-state index is 0.0143. The molecule has 0 aromatic heterocycles. The summed E-state index contributed by atoms with van der Waals surface area (Å²) in [4.78, 5) is 0. The van der Waals surface area contributed by atoms with Crippen molar-refractivity contribution in [3.8, 4) is 0 Å². The maximum atomic E-state index is 15.4. The number of alkyl halides is 1. The highest BCUT2D eigenvalue weighted by atomic mass is 19.1. The summed E-state index contributed by atoms with van der Waals surface area (Å²) in [6.07, 6.45) is 9.29. The lowest BCUT2D eigenvalue weighted by molar-refractivity contribution is -0.261. The molecule has 11 atom stereocenters. The molecule has 188 valence electrons. The highest BCUT2D eigenvalue weighted by Gasteiger charge is 2.73. The van der Waals surface area contributed by atoms with Gasteiger partial charge in [0.05, 0.1) is 18.8 Å². The van der Waals surface area contributed by atoms with Crippen molar-refractivity contribution in [1.29, 1.82) is 0 Å². The van der Waals surface area contributed by atoms with Gasteiger partial charge in [-0.15, -0.1) is 0 Å². The van der Waals surface area contributed by atoms with Crippen molar-refractivity contribution in [3.05, 3.63) is 0 Å². The lowest BCUT2D eigenvalue weighted by atomic mass is 9.31. The van der Waals surface area contributed by atoms with Gasteiger partial charge >= 0.3 is 0 Å². The molecule has 3 heteroatoms. The van der Waals surface area contributed by atoms with Crippen molar-refractivity contribution < 1.29 is 14.2 Å². The van der Waals surface area contributed by atoms with E-state index in [1.165, 1.54) is 44.9 Å². The van der Waals surface area contributed by atoms with E-state index in [2.05, 4.69) is 48.5 Å². The Hall–Kier alpha value is -0.150. The second-order valence-corrected chi connectivity index (χ2v) is 15.8. The van der Waals surface area contributed by atoms with Gasteiger partial charge in [-0.1, -0.05) is 48.5 Å². The van der Waals surface area contributed by atoms with Gasteiger partial charge in [-0.3, -0.25) is 0 Å². The van der Waals surface area contributed by atoms with Gasteiger partial charge in [0.25, 0.3) is 0 Å². The summed E-state index contributed by atoms with van der Waals surface area (Å²) in [5.74, 6) is 2.41. The van der Waals surface area contributed by atoms with Gasteiger partial charge in [-0.25, -0.2) is 4.39 Å². The van der Waals surface area contributed by atoms with E-state index >= 15 is 4.39 Å². The molecule has 5 aliphatic carbocycles. The van der Waals surface area contributed by atoms with Crippen molar-refractivity contribution >= 4 is 0 Å². The summed E-state index contributed by atoms with van der Waals surface area (Å²) < 4.78 is 22.0. The molecule has 5 saturated carbocycles. The summed E-state index contributed by atoms with van der Waals surface area (Å²) in [6, 6.07) is 0. The first-order valence-corrected chi connectivity index (χ1v) is 14.2. The smallest absolute Gasteiger partial charge is 0.127 e. The van der Waals surface area contributed by atoms with Gasteiger partial charge in [0.2, 0.25) is 0 Å². The number of aliphatic hydroxyl groups is 1. The number of rotatable bonds is 0. The molecule has 33 heavy (non-hydrogen) atoms. The van der Waals surface area contributed by atoms with E-state index in [0.717, 1.165) is 18.9 Å². The Morgan fingerprint density at radius 1 is 0.788 bits per heavy atom. The minimum Gasteiger partial charge on any atom is -0.390 e. The van der Waals surface area contributed by atoms with Gasteiger partial charge in [0.15, 0.2) is 0 Å². The van der Waals surface area contributed by atoms with Crippen molar-refractivity contribution in [2.75, 3.05) is 6.61 Å². The van der Waals surface area contributed by atoms with Crippen molar-refractivity contribution in [2.24, 2.45) is 56.2 Å². The van der Waals surface area contributed by atoms with Crippen molar-refractivity contribution in [3.63, 3.8) is 0 Å². The lowest BCUT2D eigenvalue weighted by Crippen LogP contribution is -2.68. The molecule has 2 nitrogen and oxygen atoms in total. The van der Waals surface area contributed by atoms with Gasteiger partial charge in [0.1, 0.15) is 6.17 Å². The zero-order valence-electron chi connectivity index (χ0n) is 22.3. The first kappa shape index (κ1) is 23.3. The van der Waals surface area contributed by atoms with Gasteiger partial charge in [0, 0.05) is 0 Å². The Labute approximate surface area is 201 Å². The van der Waals surface area contributed by atoms with E-state index in [9.17, 15) is 5.11 Å². The monoisotopic (exact) mass is 460 g/mol. The molecular formula is C30H49FO2. The third-order valence-electron chi connectivity index (χ3n) is 14.0. The van der Waals surface area contributed by atoms with Crippen LogP contribution in [0.15, 0.2) is 0 Å². The Bertz CT molecular complexity index is 837. The molecule has 6 fully saturated rings. The van der Waals surface area contributed by atoms with Crippen LogP contribution in [0.4, 0.5) is 4.39 Å². The van der Waals surface area contributed by atoms with Gasteiger partial charge in [-0.2, -0.15) is 0 Å². The van der Waals surface area contributed by atoms with Crippen LogP contribution in [0.3, 0.4) is 0 Å². The fourth-order valence-corrected chi connectivity index (χ4v) is 12.0. The predicted molar refractivity (Wildman–Crippen MR) is 130 cm³/mol. The molecule has 1 N–H and O–H groups in total. The van der Waals surface area contributed by atoms with Crippen molar-refractivity contribution in [1.82, 2.24) is 0 Å². The summed E-state index contributed by atoms with van der Waals surface area (Å²) in [6.45, 7) is 17.9. The fourth-order valence-electron chi connectivity index (χ4n) is 12.0. The summed E-state index contributed by atoms with van der Waals surface area (Å²) >= 11 is 0. The van der Waals surface area contributed by atoms with Crippen LogP contribution in [-0.4, -0.2) is 30.1 Å². The van der Waals surface area contributed by atoms with E-state index in [1.54, 1.807) is 0 Å². The molecule has 0 radical (unpaired) electrons. The van der Waals surface area contributed by atoms with Crippen LogP contribution in [0.5, 0.6) is 0 Å². The SMILES string of the molecule is CC1(C)CC[C@]23CC[C@]4(C)[C@H](CC[C@@H]5[C@@]6(C)CC(F)C(O)C(C)(C)[C@@H]6CC[C@]54C)C2C1OC3. The predicted octanol–water partition coefficient (Wildman–Crippen LogP) is 7.19. The summed E-state index contributed by atoms with van der Waals surface area (Å²) in [5.41, 5.74) is 0.915. The summed E-state index contributed by atoms with van der Waals surface area (Å²) in [5, 5.41) is 10.8. The molecule has 4 unspecified atom stereocenters. The molecule has 0 spiro atoms. The largest absolute Gasteiger partial charge is 0.390 e. The zero-order valence-corrected chi connectivity index (χ0v) is 22.3. The van der Waals surface area contributed by atoms with Crippen LogP contribution < -0.4 is 0 Å². The van der Waals surface area contributed by atoms with Crippen LogP contribution >= 0.6 is 0 Å². The van der Waals surface area contributed by atoms with E-state index < -0.39 is 12.3 Å². The maximum absolute atomic E-state index is 15.4. The Balaban J connectivity index is 1.40. The molecule has 0 aromatic carbocycles. The lowest BCUT2D eigenvalue weighted by Gasteiger charge is -2.73. The fraction of sp³-hybridized carbons (Fsp3) is 1.00. The second kappa shape index (κ2) is 6.58. The number of hydrogen-bond acceptors (Lipinski definition) is 2. The third kappa shape index (κ3) is 2.58. The standard InChI is InChI=1S/C30H49FO2/c1-25(2)12-14-30-15-13-28(6)18(22(30)24(25)33-17-30)8-9-21-27(5)16-19(31)23(32)26(3,4)20(27)10-11-29(21,28)7/h18-24,32H,8-17H2,1-7H3/t18-,19?,20+,21-,22?,23?,24?,27+,28-,29-,30-/m1/s1. The van der Waals surface area contributed by atoms with Crippen molar-refractivity contribution in [2.45, 2.75) is 125 Å². The molecule has 0 aromatic rings. The Morgan fingerprint density at radius 2 is 1.48 bits per heavy atom. The molecule has 6 rings (SSSR count). The first-order valence-electron chi connectivity index (χ1n) is 14.2. The average molecular weight is 461 g/mol. The molecule has 1 aliphatic heterocycles. The summed E-state index contributed by atoms with van der Waals surface area (Å²) in [7, 11) is 0. The normalized spacial score (nSPS) is 60.8. The average Bonchev–Trinajstić information content (AvgIpc) is 3.06. The highest BCUT2D eigenvalue weighted by molar-refractivity contribution is 5.21. The van der Waals surface area contributed by atoms with Gasteiger partial charge in [-0.05, 0) is 114 Å². The highest BCUT2D eigenvalue weighted by Crippen LogP contribution is 2.78. The van der Waals surface area contributed by atoms with E-state index in [4.69, 9.17) is 4.74 Å². The second-order valence-electron chi connectivity index (χ2n) is 15.8. The van der Waals surface area contributed by atoms with Crippen LogP contribution in [0.2, 0.25) is 0 Å². The number of halogens is 1. The number of aliphatic hydroxyl groups excluding tert-OH is 1. The molecular weight excluding hydrogens is 411 g/mol. The number of fused-ring (bicyclic) bond motifs is 5. The third-order valence-corrected chi connectivity index (χ3v) is 14.0. The minimum atomic E-state index is -1.09. The van der Waals surface area contributed by atoms with E-state index in [1.807, 2.05) is 0 Å². The Morgan fingerprint density at radius 3 is 2.21 bits per heavy atom. The molecule has 6 aliphatic rings. The van der Waals surface area contributed by atoms with Crippen LogP contribution in [0, 0.1) is 56.2 Å². The first-order chi connectivity index (χ1) is 15.2. The molecule has 0 amide bonds. The molecule has 2 bridgehead atoms.